The molecule has 5 nitrogen and oxygen atoms in total. The Morgan fingerprint density at radius 2 is 2.14 bits per heavy atom. The van der Waals surface area contributed by atoms with Gasteiger partial charge in [0.1, 0.15) is 6.10 Å². The van der Waals surface area contributed by atoms with E-state index in [0.717, 1.165) is 31.4 Å². The van der Waals surface area contributed by atoms with Crippen molar-refractivity contribution in [2.45, 2.75) is 44.4 Å². The summed E-state index contributed by atoms with van der Waals surface area (Å²) in [5, 5.41) is 22.2. The molecule has 1 aromatic carbocycles. The van der Waals surface area contributed by atoms with Crippen molar-refractivity contribution in [3.05, 3.63) is 23.8 Å². The van der Waals surface area contributed by atoms with Crippen LogP contribution in [0.25, 0.3) is 0 Å². The predicted octanol–water partition coefficient (Wildman–Crippen LogP) is 1.46. The molecule has 2 atom stereocenters. The topological polar surface area (TPSA) is 71.0 Å². The van der Waals surface area contributed by atoms with Crippen LogP contribution in [-0.2, 0) is 6.61 Å². The highest BCUT2D eigenvalue weighted by molar-refractivity contribution is 5.43. The maximum atomic E-state index is 9.63. The highest BCUT2D eigenvalue weighted by Gasteiger charge is 2.39. The number of aliphatic hydroxyl groups is 2. The lowest BCUT2D eigenvalue weighted by atomic mass is 9.99. The van der Waals surface area contributed by atoms with Crippen LogP contribution in [0.2, 0.25) is 0 Å². The fourth-order valence-electron chi connectivity index (χ4n) is 3.00. The summed E-state index contributed by atoms with van der Waals surface area (Å²) < 4.78 is 11.4. The van der Waals surface area contributed by atoms with E-state index in [9.17, 15) is 5.11 Å². The molecule has 1 saturated carbocycles. The average Bonchev–Trinajstić information content (AvgIpc) is 2.91. The first-order valence-corrected chi connectivity index (χ1v) is 7.46. The summed E-state index contributed by atoms with van der Waals surface area (Å²) in [5.41, 5.74) is 0.570. The Morgan fingerprint density at radius 1 is 1.33 bits per heavy atom. The first-order valence-electron chi connectivity index (χ1n) is 7.46. The van der Waals surface area contributed by atoms with Gasteiger partial charge in [0.15, 0.2) is 11.5 Å². The van der Waals surface area contributed by atoms with Crippen molar-refractivity contribution in [3.8, 4) is 11.5 Å². The van der Waals surface area contributed by atoms with Gasteiger partial charge < -0.3 is 25.0 Å². The molecule has 2 rings (SSSR count). The molecule has 0 amide bonds. The average molecular weight is 295 g/mol. The summed E-state index contributed by atoms with van der Waals surface area (Å²) in [6.07, 6.45) is 2.64. The van der Waals surface area contributed by atoms with E-state index in [1.54, 1.807) is 13.2 Å². The fraction of sp³-hybridized carbons (Fsp3) is 0.625. The molecule has 0 heterocycles. The molecule has 0 aliphatic heterocycles. The maximum absolute atomic E-state index is 9.63. The van der Waals surface area contributed by atoms with E-state index in [0.29, 0.717) is 11.5 Å². The second-order valence-electron chi connectivity index (χ2n) is 5.59. The van der Waals surface area contributed by atoms with Gasteiger partial charge in [0.2, 0.25) is 0 Å². The van der Waals surface area contributed by atoms with Crippen molar-refractivity contribution in [1.82, 2.24) is 5.32 Å². The van der Waals surface area contributed by atoms with Crippen LogP contribution in [0.1, 0.15) is 31.7 Å². The van der Waals surface area contributed by atoms with Gasteiger partial charge in [-0.15, -0.1) is 0 Å². The molecule has 1 aliphatic carbocycles. The Morgan fingerprint density at radius 3 is 2.76 bits per heavy atom. The van der Waals surface area contributed by atoms with Crippen LogP contribution < -0.4 is 14.8 Å². The van der Waals surface area contributed by atoms with E-state index in [-0.39, 0.29) is 24.9 Å². The first-order chi connectivity index (χ1) is 10.2. The minimum absolute atomic E-state index is 0.0197. The van der Waals surface area contributed by atoms with Crippen molar-refractivity contribution in [2.75, 3.05) is 20.3 Å². The Bertz CT molecular complexity index is 466. The number of ether oxygens (including phenoxy) is 2. The quantitative estimate of drug-likeness (QED) is 0.710. The normalized spacial score (nSPS) is 25.0. The summed E-state index contributed by atoms with van der Waals surface area (Å²) >= 11 is 0. The number of likely N-dealkylation sites (N-methyl/N-ethyl adjacent to an activating group) is 1. The van der Waals surface area contributed by atoms with Gasteiger partial charge in [0.25, 0.3) is 0 Å². The van der Waals surface area contributed by atoms with Gasteiger partial charge in [-0.1, -0.05) is 13.0 Å². The zero-order valence-corrected chi connectivity index (χ0v) is 12.8. The number of rotatable bonds is 7. The van der Waals surface area contributed by atoms with Crippen molar-refractivity contribution in [2.24, 2.45) is 0 Å². The van der Waals surface area contributed by atoms with Gasteiger partial charge in [-0.05, 0) is 37.1 Å². The van der Waals surface area contributed by atoms with E-state index >= 15 is 0 Å². The highest BCUT2D eigenvalue weighted by atomic mass is 16.5. The standard InChI is InChI=1S/C16H25NO4/c1-3-17-16(11-19)7-6-13(9-16)21-14-5-4-12(10-18)8-15(14)20-2/h4-5,8,13,17-19H,3,6-7,9-11H2,1-2H3. The SMILES string of the molecule is CCNC1(CO)CCC(Oc2ccc(CO)cc2OC)C1. The van der Waals surface area contributed by atoms with Crippen LogP contribution in [0.4, 0.5) is 0 Å². The van der Waals surface area contributed by atoms with Gasteiger partial charge in [0.05, 0.1) is 20.3 Å². The van der Waals surface area contributed by atoms with E-state index < -0.39 is 0 Å². The van der Waals surface area contributed by atoms with E-state index in [2.05, 4.69) is 5.32 Å². The van der Waals surface area contributed by atoms with Crippen LogP contribution in [0.3, 0.4) is 0 Å². The molecule has 0 radical (unpaired) electrons. The highest BCUT2D eigenvalue weighted by Crippen LogP contribution is 2.36. The number of hydrogen-bond acceptors (Lipinski definition) is 5. The van der Waals surface area contributed by atoms with Crippen molar-refractivity contribution >= 4 is 0 Å². The number of aliphatic hydroxyl groups excluding tert-OH is 2. The third-order valence-corrected chi connectivity index (χ3v) is 4.12. The Hall–Kier alpha value is -1.30. The van der Waals surface area contributed by atoms with E-state index in [1.165, 1.54) is 0 Å². The van der Waals surface area contributed by atoms with Crippen LogP contribution in [0.15, 0.2) is 18.2 Å². The van der Waals surface area contributed by atoms with Gasteiger partial charge in [-0.2, -0.15) is 0 Å². The lowest BCUT2D eigenvalue weighted by Gasteiger charge is -2.28. The minimum Gasteiger partial charge on any atom is -0.493 e. The van der Waals surface area contributed by atoms with E-state index in [4.69, 9.17) is 14.6 Å². The molecule has 5 heteroatoms. The molecule has 2 unspecified atom stereocenters. The molecular formula is C16H25NO4. The largest absolute Gasteiger partial charge is 0.493 e. The third kappa shape index (κ3) is 3.67. The molecule has 0 bridgehead atoms. The van der Waals surface area contributed by atoms with Crippen LogP contribution in [0, 0.1) is 0 Å². The second kappa shape index (κ2) is 7.11. The summed E-state index contributed by atoms with van der Waals surface area (Å²) in [5.74, 6) is 1.32. The number of benzene rings is 1. The Balaban J connectivity index is 2.06. The summed E-state index contributed by atoms with van der Waals surface area (Å²) in [6, 6.07) is 5.45. The monoisotopic (exact) mass is 295 g/mol. The van der Waals surface area contributed by atoms with E-state index in [1.807, 2.05) is 19.1 Å². The second-order valence-corrected chi connectivity index (χ2v) is 5.59. The summed E-state index contributed by atoms with van der Waals surface area (Å²) in [4.78, 5) is 0. The smallest absolute Gasteiger partial charge is 0.161 e. The Labute approximate surface area is 125 Å². The molecule has 0 aromatic heterocycles. The zero-order chi connectivity index (χ0) is 15.3. The van der Waals surface area contributed by atoms with Gasteiger partial charge in [0, 0.05) is 12.0 Å². The van der Waals surface area contributed by atoms with Crippen molar-refractivity contribution in [3.63, 3.8) is 0 Å². The summed E-state index contributed by atoms with van der Waals surface area (Å²) in [7, 11) is 1.59. The zero-order valence-electron chi connectivity index (χ0n) is 12.8. The Kier molecular flexibility index (Phi) is 5.45. The van der Waals surface area contributed by atoms with Crippen LogP contribution in [0.5, 0.6) is 11.5 Å². The van der Waals surface area contributed by atoms with Crippen molar-refractivity contribution in [1.29, 1.82) is 0 Å². The minimum atomic E-state index is -0.225. The van der Waals surface area contributed by atoms with Gasteiger partial charge in [-0.3, -0.25) is 0 Å². The molecule has 0 saturated heterocycles. The molecule has 1 fully saturated rings. The molecule has 118 valence electrons. The first kappa shape index (κ1) is 16.1. The lowest BCUT2D eigenvalue weighted by Crippen LogP contribution is -2.46. The predicted molar refractivity (Wildman–Crippen MR) is 80.7 cm³/mol. The molecule has 3 N–H and O–H groups in total. The number of hydrogen-bond donors (Lipinski definition) is 3. The number of methoxy groups -OCH3 is 1. The van der Waals surface area contributed by atoms with Crippen molar-refractivity contribution < 1.29 is 19.7 Å². The third-order valence-electron chi connectivity index (χ3n) is 4.12. The lowest BCUT2D eigenvalue weighted by molar-refractivity contribution is 0.140. The maximum Gasteiger partial charge on any atom is 0.161 e. The van der Waals surface area contributed by atoms with Crippen LogP contribution >= 0.6 is 0 Å². The molecule has 1 aliphatic rings. The molecular weight excluding hydrogens is 270 g/mol. The van der Waals surface area contributed by atoms with Crippen LogP contribution in [-0.4, -0.2) is 42.1 Å². The molecule has 1 aromatic rings. The summed E-state index contributed by atoms with van der Waals surface area (Å²) in [6.45, 7) is 2.99. The van der Waals surface area contributed by atoms with Gasteiger partial charge >= 0.3 is 0 Å². The fourth-order valence-corrected chi connectivity index (χ4v) is 3.00. The molecule has 0 spiro atoms. The molecule has 21 heavy (non-hydrogen) atoms. The van der Waals surface area contributed by atoms with Gasteiger partial charge in [-0.25, -0.2) is 0 Å². The number of nitrogens with one attached hydrogen (secondary N) is 1.